The molecule has 0 spiro atoms. The van der Waals surface area contributed by atoms with Crippen LogP contribution in [-0.2, 0) is 4.79 Å². The number of carbonyl (C=O) groups excluding carboxylic acids is 1. The summed E-state index contributed by atoms with van der Waals surface area (Å²) in [6, 6.07) is 7.64. The molecule has 4 nitrogen and oxygen atoms in total. The standard InChI is InChI=1S/C11H15N3O/c12-9-3-1-4-10(7-9)14-6-2-5-13-11(15)8-14/h1,3-4,7H,2,5-6,8,12H2,(H,13,15). The van der Waals surface area contributed by atoms with Crippen molar-refractivity contribution >= 4 is 17.3 Å². The van der Waals surface area contributed by atoms with E-state index in [1.807, 2.05) is 24.3 Å². The minimum atomic E-state index is 0.0786. The van der Waals surface area contributed by atoms with E-state index in [0.717, 1.165) is 30.9 Å². The highest BCUT2D eigenvalue weighted by Crippen LogP contribution is 2.18. The summed E-state index contributed by atoms with van der Waals surface area (Å²) >= 11 is 0. The van der Waals surface area contributed by atoms with E-state index < -0.39 is 0 Å². The first-order valence-corrected chi connectivity index (χ1v) is 5.13. The smallest absolute Gasteiger partial charge is 0.239 e. The van der Waals surface area contributed by atoms with Crippen molar-refractivity contribution in [3.63, 3.8) is 0 Å². The fourth-order valence-corrected chi connectivity index (χ4v) is 1.75. The maximum Gasteiger partial charge on any atom is 0.239 e. The minimum absolute atomic E-state index is 0.0786. The van der Waals surface area contributed by atoms with Crippen LogP contribution in [0.2, 0.25) is 0 Å². The van der Waals surface area contributed by atoms with Gasteiger partial charge in [-0.2, -0.15) is 0 Å². The molecule has 0 aromatic heterocycles. The number of nitrogens with two attached hydrogens (primary N) is 1. The Labute approximate surface area is 89.1 Å². The number of nitrogen functional groups attached to an aromatic ring is 1. The molecule has 80 valence electrons. The van der Waals surface area contributed by atoms with Crippen molar-refractivity contribution in [3.05, 3.63) is 24.3 Å². The van der Waals surface area contributed by atoms with Gasteiger partial charge in [0.15, 0.2) is 0 Å². The Hall–Kier alpha value is -1.71. The Morgan fingerprint density at radius 1 is 1.40 bits per heavy atom. The second kappa shape index (κ2) is 4.21. The van der Waals surface area contributed by atoms with Gasteiger partial charge in [-0.1, -0.05) is 6.07 Å². The molecule has 0 aliphatic carbocycles. The fourth-order valence-electron chi connectivity index (χ4n) is 1.75. The van der Waals surface area contributed by atoms with Crippen molar-refractivity contribution in [1.82, 2.24) is 5.32 Å². The van der Waals surface area contributed by atoms with Gasteiger partial charge >= 0.3 is 0 Å². The van der Waals surface area contributed by atoms with E-state index in [4.69, 9.17) is 5.73 Å². The van der Waals surface area contributed by atoms with Crippen LogP contribution in [0.15, 0.2) is 24.3 Å². The van der Waals surface area contributed by atoms with Crippen LogP contribution >= 0.6 is 0 Å². The first-order valence-electron chi connectivity index (χ1n) is 5.13. The number of nitrogens with one attached hydrogen (secondary N) is 1. The number of nitrogens with zero attached hydrogens (tertiary/aromatic N) is 1. The van der Waals surface area contributed by atoms with Gasteiger partial charge < -0.3 is 16.0 Å². The van der Waals surface area contributed by atoms with Crippen LogP contribution in [0.1, 0.15) is 6.42 Å². The number of hydrogen-bond acceptors (Lipinski definition) is 3. The lowest BCUT2D eigenvalue weighted by atomic mass is 10.2. The van der Waals surface area contributed by atoms with E-state index in [2.05, 4.69) is 10.2 Å². The SMILES string of the molecule is Nc1cccc(N2CCCNC(=O)C2)c1. The summed E-state index contributed by atoms with van der Waals surface area (Å²) in [5.74, 6) is 0.0786. The van der Waals surface area contributed by atoms with Crippen LogP contribution in [0.4, 0.5) is 11.4 Å². The van der Waals surface area contributed by atoms with Crippen molar-refractivity contribution < 1.29 is 4.79 Å². The van der Waals surface area contributed by atoms with E-state index in [0.29, 0.717) is 6.54 Å². The quantitative estimate of drug-likeness (QED) is 0.660. The first-order chi connectivity index (χ1) is 7.25. The highest BCUT2D eigenvalue weighted by molar-refractivity contribution is 5.82. The van der Waals surface area contributed by atoms with Crippen molar-refractivity contribution in [2.75, 3.05) is 30.3 Å². The molecule has 1 fully saturated rings. The summed E-state index contributed by atoms with van der Waals surface area (Å²) < 4.78 is 0. The molecule has 0 atom stereocenters. The lowest BCUT2D eigenvalue weighted by Gasteiger charge is -2.21. The summed E-state index contributed by atoms with van der Waals surface area (Å²) in [6.07, 6.45) is 0.973. The number of amides is 1. The molecule has 1 saturated heterocycles. The lowest BCUT2D eigenvalue weighted by molar-refractivity contribution is -0.119. The Kier molecular flexibility index (Phi) is 2.76. The zero-order chi connectivity index (χ0) is 10.7. The van der Waals surface area contributed by atoms with Gasteiger partial charge in [0.25, 0.3) is 0 Å². The van der Waals surface area contributed by atoms with Crippen LogP contribution < -0.4 is 16.0 Å². The van der Waals surface area contributed by atoms with Gasteiger partial charge in [0.05, 0.1) is 6.54 Å². The third kappa shape index (κ3) is 2.40. The van der Waals surface area contributed by atoms with E-state index in [-0.39, 0.29) is 5.91 Å². The number of rotatable bonds is 1. The molecule has 15 heavy (non-hydrogen) atoms. The average molecular weight is 205 g/mol. The van der Waals surface area contributed by atoms with Crippen LogP contribution in [0.3, 0.4) is 0 Å². The molecule has 3 N–H and O–H groups in total. The van der Waals surface area contributed by atoms with Crippen LogP contribution in [0.5, 0.6) is 0 Å². The summed E-state index contributed by atoms with van der Waals surface area (Å²) in [6.45, 7) is 2.07. The Bertz CT molecular complexity index is 365. The molecule has 1 heterocycles. The van der Waals surface area contributed by atoms with Gasteiger partial charge in [-0.15, -0.1) is 0 Å². The molecular formula is C11H15N3O. The molecule has 0 radical (unpaired) electrons. The van der Waals surface area contributed by atoms with E-state index in [9.17, 15) is 4.79 Å². The molecule has 1 aromatic rings. The molecular weight excluding hydrogens is 190 g/mol. The predicted octanol–water partition coefficient (Wildman–Crippen LogP) is 0.595. The van der Waals surface area contributed by atoms with Gasteiger partial charge in [0.2, 0.25) is 5.91 Å². The number of carbonyl (C=O) groups is 1. The molecule has 1 aliphatic heterocycles. The summed E-state index contributed by atoms with van der Waals surface area (Å²) in [7, 11) is 0. The summed E-state index contributed by atoms with van der Waals surface area (Å²) in [5.41, 5.74) is 7.47. The van der Waals surface area contributed by atoms with Crippen LogP contribution in [0, 0.1) is 0 Å². The Morgan fingerprint density at radius 2 is 2.27 bits per heavy atom. The minimum Gasteiger partial charge on any atom is -0.399 e. The average Bonchev–Trinajstić information content (AvgIpc) is 2.43. The number of anilines is 2. The monoisotopic (exact) mass is 205 g/mol. The fraction of sp³-hybridized carbons (Fsp3) is 0.364. The van der Waals surface area contributed by atoms with Crippen molar-refractivity contribution in [2.45, 2.75) is 6.42 Å². The van der Waals surface area contributed by atoms with Gasteiger partial charge in [0, 0.05) is 24.5 Å². The maximum atomic E-state index is 11.4. The van der Waals surface area contributed by atoms with Gasteiger partial charge in [-0.25, -0.2) is 0 Å². The Morgan fingerprint density at radius 3 is 3.07 bits per heavy atom. The topological polar surface area (TPSA) is 58.4 Å². The van der Waals surface area contributed by atoms with Crippen molar-refractivity contribution in [3.8, 4) is 0 Å². The van der Waals surface area contributed by atoms with Crippen LogP contribution in [0.25, 0.3) is 0 Å². The normalized spacial score (nSPS) is 17.1. The van der Waals surface area contributed by atoms with E-state index in [1.54, 1.807) is 0 Å². The van der Waals surface area contributed by atoms with Gasteiger partial charge in [0.1, 0.15) is 0 Å². The predicted molar refractivity (Wildman–Crippen MR) is 60.7 cm³/mol. The summed E-state index contributed by atoms with van der Waals surface area (Å²) in [4.78, 5) is 13.4. The van der Waals surface area contributed by atoms with Crippen LogP contribution in [-0.4, -0.2) is 25.5 Å². The third-order valence-corrected chi connectivity index (χ3v) is 2.50. The Balaban J connectivity index is 2.18. The molecule has 0 saturated carbocycles. The maximum absolute atomic E-state index is 11.4. The lowest BCUT2D eigenvalue weighted by Crippen LogP contribution is -2.32. The van der Waals surface area contributed by atoms with Crippen molar-refractivity contribution in [2.24, 2.45) is 0 Å². The van der Waals surface area contributed by atoms with E-state index in [1.165, 1.54) is 0 Å². The molecule has 4 heteroatoms. The van der Waals surface area contributed by atoms with Gasteiger partial charge in [-0.3, -0.25) is 4.79 Å². The molecule has 1 aromatic carbocycles. The molecule has 0 unspecified atom stereocenters. The van der Waals surface area contributed by atoms with E-state index >= 15 is 0 Å². The second-order valence-electron chi connectivity index (χ2n) is 3.72. The summed E-state index contributed by atoms with van der Waals surface area (Å²) in [5, 5.41) is 2.85. The third-order valence-electron chi connectivity index (χ3n) is 2.50. The largest absolute Gasteiger partial charge is 0.399 e. The van der Waals surface area contributed by atoms with Crippen molar-refractivity contribution in [1.29, 1.82) is 0 Å². The molecule has 1 aliphatic rings. The molecule has 2 rings (SSSR count). The zero-order valence-electron chi connectivity index (χ0n) is 8.57. The number of hydrogen-bond donors (Lipinski definition) is 2. The zero-order valence-corrected chi connectivity index (χ0v) is 8.57. The van der Waals surface area contributed by atoms with Gasteiger partial charge in [-0.05, 0) is 24.6 Å². The highest BCUT2D eigenvalue weighted by atomic mass is 16.2. The molecule has 0 bridgehead atoms. The first kappa shape index (κ1) is 9.83. The number of benzene rings is 1. The highest BCUT2D eigenvalue weighted by Gasteiger charge is 2.14. The molecule has 1 amide bonds. The second-order valence-corrected chi connectivity index (χ2v) is 3.72.